The zero-order chi connectivity index (χ0) is 14.8. The van der Waals surface area contributed by atoms with Crippen LogP contribution in [0.15, 0.2) is 23.0 Å². The molecular formula is C16H21N3O2. The minimum absolute atomic E-state index is 0.0731. The standard InChI is InChI=1S/C16H21N3O2/c1-11-10-14(20)18-15(17-11)13-8-5-9-19(13)16(21)12-6-3-2-4-7-12/h2-3,10,12-13H,4-9H2,1H3,(H,17,18,20)/t12-,13-/m1/s1. The molecule has 5 nitrogen and oxygen atoms in total. The zero-order valence-electron chi connectivity index (χ0n) is 12.3. The number of nitrogens with zero attached hydrogens (tertiary/aromatic N) is 2. The number of H-pyrrole nitrogens is 1. The first-order valence-corrected chi connectivity index (χ1v) is 7.68. The highest BCUT2D eigenvalue weighted by molar-refractivity contribution is 5.79. The minimum Gasteiger partial charge on any atom is -0.332 e. The van der Waals surface area contributed by atoms with Crippen molar-refractivity contribution in [3.63, 3.8) is 0 Å². The summed E-state index contributed by atoms with van der Waals surface area (Å²) in [5, 5.41) is 0. The number of hydrogen-bond donors (Lipinski definition) is 1. The van der Waals surface area contributed by atoms with Crippen molar-refractivity contribution in [1.82, 2.24) is 14.9 Å². The average molecular weight is 287 g/mol. The summed E-state index contributed by atoms with van der Waals surface area (Å²) in [4.78, 5) is 33.5. The molecule has 1 aliphatic heterocycles. The van der Waals surface area contributed by atoms with Crippen molar-refractivity contribution in [2.75, 3.05) is 6.54 Å². The van der Waals surface area contributed by atoms with Crippen molar-refractivity contribution in [1.29, 1.82) is 0 Å². The second kappa shape index (κ2) is 5.84. The van der Waals surface area contributed by atoms with Crippen molar-refractivity contribution < 1.29 is 4.79 Å². The lowest BCUT2D eigenvalue weighted by atomic mass is 9.93. The van der Waals surface area contributed by atoms with Crippen LogP contribution in [0.3, 0.4) is 0 Å². The minimum atomic E-state index is -0.141. The number of allylic oxidation sites excluding steroid dienone is 2. The fourth-order valence-corrected chi connectivity index (χ4v) is 3.33. The molecular weight excluding hydrogens is 266 g/mol. The van der Waals surface area contributed by atoms with Gasteiger partial charge < -0.3 is 9.88 Å². The van der Waals surface area contributed by atoms with Gasteiger partial charge in [-0.2, -0.15) is 0 Å². The Kier molecular flexibility index (Phi) is 3.90. The highest BCUT2D eigenvalue weighted by atomic mass is 16.2. The molecule has 2 aliphatic rings. The molecule has 1 aromatic rings. The number of hydrogen-bond acceptors (Lipinski definition) is 3. The summed E-state index contributed by atoms with van der Waals surface area (Å²) in [7, 11) is 0. The quantitative estimate of drug-likeness (QED) is 0.847. The highest BCUT2D eigenvalue weighted by Crippen LogP contribution is 2.33. The molecule has 1 N–H and O–H groups in total. The number of aromatic amines is 1. The number of aromatic nitrogens is 2. The summed E-state index contributed by atoms with van der Waals surface area (Å²) in [6, 6.07) is 1.41. The molecule has 2 heterocycles. The Bertz CT molecular complexity index is 620. The van der Waals surface area contributed by atoms with Crippen molar-refractivity contribution in [3.05, 3.63) is 40.1 Å². The molecule has 112 valence electrons. The van der Waals surface area contributed by atoms with Crippen LogP contribution in [0.5, 0.6) is 0 Å². The smallest absolute Gasteiger partial charge is 0.251 e. The first-order valence-electron chi connectivity index (χ1n) is 7.68. The lowest BCUT2D eigenvalue weighted by Crippen LogP contribution is -2.37. The monoisotopic (exact) mass is 287 g/mol. The molecule has 2 atom stereocenters. The van der Waals surface area contributed by atoms with Crippen LogP contribution in [-0.4, -0.2) is 27.3 Å². The van der Waals surface area contributed by atoms with Gasteiger partial charge in [-0.05, 0) is 39.0 Å². The molecule has 1 aromatic heterocycles. The Balaban J connectivity index is 1.83. The molecule has 0 saturated carbocycles. The summed E-state index contributed by atoms with van der Waals surface area (Å²) in [5.41, 5.74) is 0.561. The van der Waals surface area contributed by atoms with E-state index in [1.54, 1.807) is 0 Å². The molecule has 0 unspecified atom stereocenters. The van der Waals surface area contributed by atoms with Gasteiger partial charge >= 0.3 is 0 Å². The van der Waals surface area contributed by atoms with Crippen LogP contribution in [0.1, 0.15) is 49.7 Å². The molecule has 0 bridgehead atoms. The topological polar surface area (TPSA) is 66.1 Å². The fraction of sp³-hybridized carbons (Fsp3) is 0.562. The van der Waals surface area contributed by atoms with Gasteiger partial charge in [0.1, 0.15) is 5.82 Å². The van der Waals surface area contributed by atoms with E-state index in [0.29, 0.717) is 11.5 Å². The summed E-state index contributed by atoms with van der Waals surface area (Å²) >= 11 is 0. The summed E-state index contributed by atoms with van der Waals surface area (Å²) in [5.74, 6) is 0.940. The fourth-order valence-electron chi connectivity index (χ4n) is 3.33. The van der Waals surface area contributed by atoms with E-state index in [-0.39, 0.29) is 23.4 Å². The van der Waals surface area contributed by atoms with Crippen molar-refractivity contribution in [2.45, 2.75) is 45.1 Å². The summed E-state index contributed by atoms with van der Waals surface area (Å²) < 4.78 is 0. The van der Waals surface area contributed by atoms with Crippen LogP contribution < -0.4 is 5.56 Å². The van der Waals surface area contributed by atoms with E-state index in [2.05, 4.69) is 22.1 Å². The Morgan fingerprint density at radius 3 is 2.95 bits per heavy atom. The second-order valence-corrected chi connectivity index (χ2v) is 5.94. The summed E-state index contributed by atoms with van der Waals surface area (Å²) in [6.45, 7) is 2.58. The van der Waals surface area contributed by atoms with E-state index in [0.717, 1.165) is 38.6 Å². The van der Waals surface area contributed by atoms with Gasteiger partial charge in [-0.1, -0.05) is 12.2 Å². The normalized spacial score (nSPS) is 25.3. The molecule has 1 fully saturated rings. The lowest BCUT2D eigenvalue weighted by Gasteiger charge is -2.29. The van der Waals surface area contributed by atoms with Gasteiger partial charge in [0.15, 0.2) is 0 Å². The molecule has 1 saturated heterocycles. The first kappa shape index (κ1) is 14.0. The average Bonchev–Trinajstić information content (AvgIpc) is 2.96. The van der Waals surface area contributed by atoms with Crippen LogP contribution in [0, 0.1) is 12.8 Å². The molecule has 21 heavy (non-hydrogen) atoms. The summed E-state index contributed by atoms with van der Waals surface area (Å²) in [6.07, 6.45) is 8.83. The van der Waals surface area contributed by atoms with Gasteiger partial charge in [0.25, 0.3) is 5.56 Å². The maximum atomic E-state index is 12.7. The Labute approximate surface area is 124 Å². The third kappa shape index (κ3) is 2.91. The predicted octanol–water partition coefficient (Wildman–Crippen LogP) is 2.10. The second-order valence-electron chi connectivity index (χ2n) is 5.94. The van der Waals surface area contributed by atoms with Gasteiger partial charge in [0.2, 0.25) is 5.91 Å². The third-order valence-corrected chi connectivity index (χ3v) is 4.36. The van der Waals surface area contributed by atoms with Crippen molar-refractivity contribution in [2.24, 2.45) is 5.92 Å². The SMILES string of the molecule is Cc1cc(=O)[nH]c([C@H]2CCCN2C(=O)[C@@H]2CC=CCC2)n1. The van der Waals surface area contributed by atoms with Gasteiger partial charge in [-0.3, -0.25) is 9.59 Å². The molecule has 0 radical (unpaired) electrons. The van der Waals surface area contributed by atoms with Crippen molar-refractivity contribution in [3.8, 4) is 0 Å². The van der Waals surface area contributed by atoms with Gasteiger partial charge in [-0.15, -0.1) is 0 Å². The number of carbonyl (C=O) groups is 1. The van der Waals surface area contributed by atoms with Crippen molar-refractivity contribution >= 4 is 5.91 Å². The van der Waals surface area contributed by atoms with E-state index >= 15 is 0 Å². The zero-order valence-corrected chi connectivity index (χ0v) is 12.3. The predicted molar refractivity (Wildman–Crippen MR) is 79.8 cm³/mol. The van der Waals surface area contributed by atoms with Crippen LogP contribution in [0.4, 0.5) is 0 Å². The largest absolute Gasteiger partial charge is 0.332 e. The Morgan fingerprint density at radius 1 is 1.38 bits per heavy atom. The molecule has 0 spiro atoms. The van der Waals surface area contributed by atoms with E-state index < -0.39 is 0 Å². The Hall–Kier alpha value is -1.91. The maximum Gasteiger partial charge on any atom is 0.251 e. The first-order chi connectivity index (χ1) is 10.1. The molecule has 1 amide bonds. The molecule has 5 heteroatoms. The van der Waals surface area contributed by atoms with E-state index in [4.69, 9.17) is 0 Å². The third-order valence-electron chi connectivity index (χ3n) is 4.36. The van der Waals surface area contributed by atoms with Crippen LogP contribution in [0.25, 0.3) is 0 Å². The van der Waals surface area contributed by atoms with E-state index in [1.165, 1.54) is 6.07 Å². The number of likely N-dealkylation sites (tertiary alicyclic amines) is 1. The number of carbonyl (C=O) groups excluding carboxylic acids is 1. The number of rotatable bonds is 2. The number of amides is 1. The van der Waals surface area contributed by atoms with E-state index in [9.17, 15) is 9.59 Å². The van der Waals surface area contributed by atoms with E-state index in [1.807, 2.05) is 11.8 Å². The molecule has 1 aliphatic carbocycles. The molecule has 0 aromatic carbocycles. The van der Waals surface area contributed by atoms with Crippen LogP contribution in [-0.2, 0) is 4.79 Å². The Morgan fingerprint density at radius 2 is 2.24 bits per heavy atom. The maximum absolute atomic E-state index is 12.7. The van der Waals surface area contributed by atoms with Gasteiger partial charge in [0, 0.05) is 24.2 Å². The molecule has 3 rings (SSSR count). The lowest BCUT2D eigenvalue weighted by molar-refractivity contribution is -0.136. The van der Waals surface area contributed by atoms with Gasteiger partial charge in [0.05, 0.1) is 6.04 Å². The number of nitrogens with one attached hydrogen (secondary N) is 1. The van der Waals surface area contributed by atoms with Gasteiger partial charge in [-0.25, -0.2) is 4.98 Å². The highest BCUT2D eigenvalue weighted by Gasteiger charge is 2.35. The van der Waals surface area contributed by atoms with Crippen LogP contribution >= 0.6 is 0 Å². The number of aryl methyl sites for hydroxylation is 1. The van der Waals surface area contributed by atoms with Crippen LogP contribution in [0.2, 0.25) is 0 Å².